The zero-order chi connectivity index (χ0) is 14.3. The van der Waals surface area contributed by atoms with Crippen molar-refractivity contribution in [2.75, 3.05) is 4.90 Å². The Hall–Kier alpha value is -1.46. The minimum absolute atomic E-state index is 0.363. The number of fused-ring (bicyclic) bond motifs is 1. The van der Waals surface area contributed by atoms with Crippen molar-refractivity contribution in [2.45, 2.75) is 6.54 Å². The van der Waals surface area contributed by atoms with Gasteiger partial charge in [-0.2, -0.15) is 0 Å². The quantitative estimate of drug-likeness (QED) is 0.723. The van der Waals surface area contributed by atoms with Gasteiger partial charge in [0.25, 0.3) is 11.7 Å². The van der Waals surface area contributed by atoms with Crippen LogP contribution in [0.25, 0.3) is 0 Å². The van der Waals surface area contributed by atoms with Crippen LogP contribution < -0.4 is 4.90 Å². The van der Waals surface area contributed by atoms with Gasteiger partial charge in [-0.15, -0.1) is 0 Å². The van der Waals surface area contributed by atoms with Crippen LogP contribution in [-0.4, -0.2) is 11.7 Å². The van der Waals surface area contributed by atoms with E-state index in [2.05, 4.69) is 31.9 Å². The monoisotopic (exact) mass is 393 g/mol. The second kappa shape index (κ2) is 5.14. The van der Waals surface area contributed by atoms with Crippen LogP contribution in [0.2, 0.25) is 0 Å². The lowest BCUT2D eigenvalue weighted by Gasteiger charge is -2.18. The van der Waals surface area contributed by atoms with E-state index in [0.717, 1.165) is 14.5 Å². The first kappa shape index (κ1) is 13.5. The van der Waals surface area contributed by atoms with E-state index in [-0.39, 0.29) is 0 Å². The summed E-state index contributed by atoms with van der Waals surface area (Å²) in [7, 11) is 0. The van der Waals surface area contributed by atoms with Crippen molar-refractivity contribution in [2.24, 2.45) is 0 Å². The van der Waals surface area contributed by atoms with Crippen molar-refractivity contribution in [3.05, 3.63) is 62.5 Å². The molecular formula is C15H9Br2NO2. The molecule has 1 aliphatic rings. The molecule has 0 saturated carbocycles. The second-order valence-electron chi connectivity index (χ2n) is 4.45. The van der Waals surface area contributed by atoms with Gasteiger partial charge in [0.15, 0.2) is 0 Å². The van der Waals surface area contributed by atoms with E-state index in [1.807, 2.05) is 30.3 Å². The highest BCUT2D eigenvalue weighted by Crippen LogP contribution is 2.37. The molecule has 1 aliphatic heterocycles. The Bertz CT molecular complexity index is 728. The minimum Gasteiger partial charge on any atom is -0.299 e. The van der Waals surface area contributed by atoms with Crippen LogP contribution in [0.5, 0.6) is 0 Å². The van der Waals surface area contributed by atoms with E-state index in [1.165, 1.54) is 4.90 Å². The summed E-state index contributed by atoms with van der Waals surface area (Å²) in [5.41, 5.74) is 2.06. The van der Waals surface area contributed by atoms with Crippen LogP contribution in [-0.2, 0) is 11.3 Å². The molecular weight excluding hydrogens is 386 g/mol. The number of rotatable bonds is 2. The topological polar surface area (TPSA) is 37.4 Å². The van der Waals surface area contributed by atoms with Gasteiger partial charge in [-0.1, -0.05) is 40.2 Å². The summed E-state index contributed by atoms with van der Waals surface area (Å²) in [5.74, 6) is -0.934. The predicted octanol–water partition coefficient (Wildman–Crippen LogP) is 3.94. The number of amides is 1. The summed E-state index contributed by atoms with van der Waals surface area (Å²) in [4.78, 5) is 25.7. The molecule has 100 valence electrons. The number of benzene rings is 2. The molecule has 0 unspecified atom stereocenters. The molecule has 20 heavy (non-hydrogen) atoms. The fourth-order valence-corrected chi connectivity index (χ4v) is 3.25. The number of nitrogens with zero attached hydrogens (tertiary/aromatic N) is 1. The minimum atomic E-state index is -0.484. The highest BCUT2D eigenvalue weighted by atomic mass is 79.9. The van der Waals surface area contributed by atoms with Crippen LogP contribution in [0.1, 0.15) is 15.9 Å². The van der Waals surface area contributed by atoms with E-state index in [4.69, 9.17) is 0 Å². The molecule has 5 heteroatoms. The van der Waals surface area contributed by atoms with Crippen molar-refractivity contribution in [3.63, 3.8) is 0 Å². The van der Waals surface area contributed by atoms with Gasteiger partial charge in [0.05, 0.1) is 17.8 Å². The molecule has 1 amide bonds. The Balaban J connectivity index is 2.06. The normalized spacial score (nSPS) is 13.8. The lowest BCUT2D eigenvalue weighted by atomic mass is 10.1. The molecule has 0 aliphatic carbocycles. The predicted molar refractivity (Wildman–Crippen MR) is 83.8 cm³/mol. The highest BCUT2D eigenvalue weighted by Gasteiger charge is 2.37. The van der Waals surface area contributed by atoms with Crippen molar-refractivity contribution in [1.82, 2.24) is 0 Å². The second-order valence-corrected chi connectivity index (χ2v) is 6.16. The molecule has 0 saturated heterocycles. The molecule has 0 atom stereocenters. The zero-order valence-corrected chi connectivity index (χ0v) is 13.4. The molecule has 1 heterocycles. The van der Waals surface area contributed by atoms with Gasteiger partial charge in [-0.25, -0.2) is 0 Å². The van der Waals surface area contributed by atoms with Gasteiger partial charge >= 0.3 is 0 Å². The maximum Gasteiger partial charge on any atom is 0.299 e. The first-order valence-corrected chi connectivity index (χ1v) is 7.56. The molecule has 2 aromatic carbocycles. The molecule has 3 nitrogen and oxygen atoms in total. The van der Waals surface area contributed by atoms with Gasteiger partial charge in [0.2, 0.25) is 0 Å². The molecule has 0 N–H and O–H groups in total. The lowest BCUT2D eigenvalue weighted by Crippen LogP contribution is -2.29. The van der Waals surface area contributed by atoms with Crippen molar-refractivity contribution in [1.29, 1.82) is 0 Å². The summed E-state index contributed by atoms with van der Waals surface area (Å²) < 4.78 is 1.67. The average molecular weight is 395 g/mol. The van der Waals surface area contributed by atoms with Gasteiger partial charge in [-0.05, 0) is 39.7 Å². The van der Waals surface area contributed by atoms with E-state index >= 15 is 0 Å². The number of anilines is 1. The molecule has 2 aromatic rings. The molecule has 0 radical (unpaired) electrons. The Morgan fingerprint density at radius 3 is 2.35 bits per heavy atom. The largest absolute Gasteiger partial charge is 0.299 e. The van der Waals surface area contributed by atoms with Crippen molar-refractivity contribution < 1.29 is 9.59 Å². The third-order valence-corrected chi connectivity index (χ3v) is 4.64. The molecule has 0 bridgehead atoms. The van der Waals surface area contributed by atoms with Crippen LogP contribution in [0, 0.1) is 0 Å². The van der Waals surface area contributed by atoms with E-state index in [9.17, 15) is 9.59 Å². The lowest BCUT2D eigenvalue weighted by molar-refractivity contribution is -0.114. The number of halogens is 2. The van der Waals surface area contributed by atoms with Gasteiger partial charge in [-0.3, -0.25) is 14.5 Å². The smallest absolute Gasteiger partial charge is 0.299 e. The maximum atomic E-state index is 12.2. The first-order valence-electron chi connectivity index (χ1n) is 5.97. The van der Waals surface area contributed by atoms with Crippen LogP contribution in [0.4, 0.5) is 5.69 Å². The Labute approximate surface area is 132 Å². The third-order valence-electron chi connectivity index (χ3n) is 3.23. The Morgan fingerprint density at radius 2 is 1.60 bits per heavy atom. The van der Waals surface area contributed by atoms with E-state index < -0.39 is 11.7 Å². The van der Waals surface area contributed by atoms with Crippen LogP contribution in [0.15, 0.2) is 51.4 Å². The number of hydrogen-bond donors (Lipinski definition) is 0. The van der Waals surface area contributed by atoms with Crippen LogP contribution >= 0.6 is 31.9 Å². The molecule has 0 spiro atoms. The van der Waals surface area contributed by atoms with Crippen molar-refractivity contribution in [3.8, 4) is 0 Å². The summed E-state index contributed by atoms with van der Waals surface area (Å²) in [5, 5.41) is 0. The maximum absolute atomic E-state index is 12.2. The number of hydrogen-bond acceptors (Lipinski definition) is 2. The van der Waals surface area contributed by atoms with Gasteiger partial charge < -0.3 is 0 Å². The first-order chi connectivity index (χ1) is 9.59. The summed E-state index contributed by atoms with van der Waals surface area (Å²) in [6.07, 6.45) is 0. The Kier molecular flexibility index (Phi) is 3.48. The molecule has 3 rings (SSSR count). The number of carbonyl (C=O) groups excluding carboxylic acids is 2. The number of ketones is 1. The SMILES string of the molecule is O=C1C(=O)N(Cc2ccccc2Br)c2c(Br)cccc21. The fraction of sp³-hybridized carbons (Fsp3) is 0.0667. The number of carbonyl (C=O) groups is 2. The van der Waals surface area contributed by atoms with Crippen molar-refractivity contribution >= 4 is 49.2 Å². The fourth-order valence-electron chi connectivity index (χ4n) is 2.26. The molecule has 0 fully saturated rings. The third kappa shape index (κ3) is 2.11. The standard InChI is InChI=1S/C15H9Br2NO2/c16-11-6-2-1-4-9(11)8-18-13-10(14(19)15(18)20)5-3-7-12(13)17/h1-7H,8H2. The van der Waals surface area contributed by atoms with Crippen LogP contribution in [0.3, 0.4) is 0 Å². The molecule has 0 aromatic heterocycles. The number of para-hydroxylation sites is 1. The van der Waals surface area contributed by atoms with E-state index in [1.54, 1.807) is 12.1 Å². The van der Waals surface area contributed by atoms with E-state index in [0.29, 0.717) is 17.8 Å². The number of Topliss-reactive ketones (excluding diaryl/α,β-unsaturated/α-hetero) is 1. The summed E-state index contributed by atoms with van der Waals surface area (Å²) in [6, 6.07) is 12.9. The Morgan fingerprint density at radius 1 is 0.900 bits per heavy atom. The highest BCUT2D eigenvalue weighted by molar-refractivity contribution is 9.11. The zero-order valence-electron chi connectivity index (χ0n) is 10.3. The summed E-state index contributed by atoms with van der Waals surface area (Å²) in [6.45, 7) is 0.363. The summed E-state index contributed by atoms with van der Waals surface area (Å²) >= 11 is 6.88. The average Bonchev–Trinajstić information content (AvgIpc) is 2.68. The van der Waals surface area contributed by atoms with Gasteiger partial charge in [0, 0.05) is 8.95 Å². The van der Waals surface area contributed by atoms with Gasteiger partial charge in [0.1, 0.15) is 0 Å².